The van der Waals surface area contributed by atoms with Crippen molar-refractivity contribution < 1.29 is 9.21 Å². The lowest BCUT2D eigenvalue weighted by Gasteiger charge is -2.19. The molecule has 132 valence electrons. The van der Waals surface area contributed by atoms with Gasteiger partial charge in [0.25, 0.3) is 5.91 Å². The van der Waals surface area contributed by atoms with Crippen LogP contribution in [0.15, 0.2) is 73.9 Å². The topological polar surface area (TPSA) is 45.8 Å². The number of rotatable bonds is 5. The van der Waals surface area contributed by atoms with E-state index in [9.17, 15) is 4.79 Å². The van der Waals surface area contributed by atoms with Gasteiger partial charge in [-0.05, 0) is 36.1 Å². The van der Waals surface area contributed by atoms with E-state index in [4.69, 9.17) is 4.42 Å². The van der Waals surface area contributed by atoms with Gasteiger partial charge in [0.1, 0.15) is 11.8 Å². The van der Waals surface area contributed by atoms with Crippen LogP contribution in [0.3, 0.4) is 0 Å². The van der Waals surface area contributed by atoms with Gasteiger partial charge in [-0.3, -0.25) is 4.79 Å². The first-order valence-electron chi connectivity index (χ1n) is 8.35. The molecule has 0 spiro atoms. The first-order valence-corrected chi connectivity index (χ1v) is 10.3. The molecule has 1 unspecified atom stereocenters. The number of benzene rings is 1. The SMILES string of the molecule is Cc1ccc(C2=NN(C(=O)CSc3ccsc3)C(c3ccco3)C2)cc1. The molecule has 1 aromatic carbocycles. The minimum absolute atomic E-state index is 0.00953. The third kappa shape index (κ3) is 3.61. The molecule has 1 amide bonds. The lowest BCUT2D eigenvalue weighted by Crippen LogP contribution is -2.28. The highest BCUT2D eigenvalue weighted by molar-refractivity contribution is 8.00. The van der Waals surface area contributed by atoms with E-state index in [1.165, 1.54) is 17.3 Å². The van der Waals surface area contributed by atoms with Gasteiger partial charge in [-0.2, -0.15) is 16.4 Å². The molecule has 4 rings (SSSR count). The number of nitrogens with zero attached hydrogens (tertiary/aromatic N) is 2. The number of thiophene rings is 1. The largest absolute Gasteiger partial charge is 0.467 e. The molecular weight excluding hydrogens is 364 g/mol. The molecule has 0 N–H and O–H groups in total. The average molecular weight is 383 g/mol. The van der Waals surface area contributed by atoms with Crippen LogP contribution in [0.5, 0.6) is 0 Å². The molecule has 1 aliphatic heterocycles. The van der Waals surface area contributed by atoms with Gasteiger partial charge in [0, 0.05) is 16.7 Å². The van der Waals surface area contributed by atoms with E-state index in [1.54, 1.807) is 22.6 Å². The standard InChI is InChI=1S/C20H18N2O2S2/c1-14-4-6-15(7-5-14)17-11-18(19-3-2-9-24-19)22(21-17)20(23)13-26-16-8-10-25-12-16/h2-10,12,18H,11,13H2,1H3. The summed E-state index contributed by atoms with van der Waals surface area (Å²) in [6.45, 7) is 2.06. The number of hydrogen-bond acceptors (Lipinski definition) is 5. The fraction of sp³-hybridized carbons (Fsp3) is 0.200. The number of amides is 1. The molecule has 3 heterocycles. The Hall–Kier alpha value is -2.31. The second-order valence-corrected chi connectivity index (χ2v) is 7.96. The third-order valence-electron chi connectivity index (χ3n) is 4.28. The second kappa shape index (κ2) is 7.51. The summed E-state index contributed by atoms with van der Waals surface area (Å²) in [5, 5.41) is 10.3. The fourth-order valence-corrected chi connectivity index (χ4v) is 4.54. The van der Waals surface area contributed by atoms with Crippen LogP contribution >= 0.6 is 23.1 Å². The van der Waals surface area contributed by atoms with Crippen LogP contribution in [-0.4, -0.2) is 22.4 Å². The molecule has 6 heteroatoms. The highest BCUT2D eigenvalue weighted by atomic mass is 32.2. The summed E-state index contributed by atoms with van der Waals surface area (Å²) in [7, 11) is 0. The lowest BCUT2D eigenvalue weighted by molar-refractivity contribution is -0.130. The van der Waals surface area contributed by atoms with E-state index in [2.05, 4.69) is 36.3 Å². The third-order valence-corrected chi connectivity index (χ3v) is 6.09. The van der Waals surface area contributed by atoms with Crippen molar-refractivity contribution in [1.82, 2.24) is 5.01 Å². The van der Waals surface area contributed by atoms with E-state index in [0.29, 0.717) is 12.2 Å². The number of hydrazone groups is 1. The maximum atomic E-state index is 12.8. The minimum Gasteiger partial charge on any atom is -0.467 e. The number of aryl methyl sites for hydroxylation is 1. The first-order chi connectivity index (χ1) is 12.7. The molecule has 0 saturated carbocycles. The first kappa shape index (κ1) is 17.1. The molecule has 0 fully saturated rings. The Morgan fingerprint density at radius 3 is 2.85 bits per heavy atom. The highest BCUT2D eigenvalue weighted by Crippen LogP contribution is 2.34. The predicted molar refractivity (Wildman–Crippen MR) is 106 cm³/mol. The lowest BCUT2D eigenvalue weighted by atomic mass is 10.0. The quantitative estimate of drug-likeness (QED) is 0.575. The van der Waals surface area contributed by atoms with Crippen LogP contribution in [0, 0.1) is 6.92 Å². The van der Waals surface area contributed by atoms with E-state index in [-0.39, 0.29) is 11.9 Å². The van der Waals surface area contributed by atoms with Gasteiger partial charge in [-0.15, -0.1) is 11.8 Å². The predicted octanol–water partition coefficient (Wildman–Crippen LogP) is 5.12. The van der Waals surface area contributed by atoms with Gasteiger partial charge in [-0.1, -0.05) is 29.8 Å². The van der Waals surface area contributed by atoms with Crippen molar-refractivity contribution in [3.8, 4) is 0 Å². The van der Waals surface area contributed by atoms with Gasteiger partial charge in [-0.25, -0.2) is 5.01 Å². The van der Waals surface area contributed by atoms with Gasteiger partial charge in [0.15, 0.2) is 0 Å². The normalized spacial score (nSPS) is 16.7. The monoisotopic (exact) mass is 382 g/mol. The number of hydrogen-bond donors (Lipinski definition) is 0. The number of carbonyl (C=O) groups excluding carboxylic acids is 1. The zero-order chi connectivity index (χ0) is 17.9. The summed E-state index contributed by atoms with van der Waals surface area (Å²) < 4.78 is 5.58. The zero-order valence-electron chi connectivity index (χ0n) is 14.3. The van der Waals surface area contributed by atoms with Crippen molar-refractivity contribution in [2.24, 2.45) is 5.10 Å². The number of carbonyl (C=O) groups is 1. The summed E-state index contributed by atoms with van der Waals surface area (Å²) >= 11 is 3.17. The minimum atomic E-state index is -0.183. The Morgan fingerprint density at radius 2 is 2.15 bits per heavy atom. The molecule has 2 aromatic heterocycles. The molecule has 0 bridgehead atoms. The van der Waals surface area contributed by atoms with Crippen molar-refractivity contribution in [2.75, 3.05) is 5.75 Å². The van der Waals surface area contributed by atoms with E-state index in [0.717, 1.165) is 21.9 Å². The maximum Gasteiger partial charge on any atom is 0.253 e. The van der Waals surface area contributed by atoms with Gasteiger partial charge in [0.2, 0.25) is 0 Å². The van der Waals surface area contributed by atoms with Crippen molar-refractivity contribution in [3.05, 3.63) is 76.4 Å². The molecule has 4 nitrogen and oxygen atoms in total. The molecule has 0 aliphatic carbocycles. The summed E-state index contributed by atoms with van der Waals surface area (Å²) in [5.74, 6) is 1.12. The van der Waals surface area contributed by atoms with Crippen LogP contribution in [0.4, 0.5) is 0 Å². The van der Waals surface area contributed by atoms with Crippen LogP contribution in [0.1, 0.15) is 29.3 Å². The Kier molecular flexibility index (Phi) is 4.95. The molecule has 1 atom stereocenters. The van der Waals surface area contributed by atoms with E-state index < -0.39 is 0 Å². The van der Waals surface area contributed by atoms with Crippen molar-refractivity contribution in [1.29, 1.82) is 0 Å². The summed E-state index contributed by atoms with van der Waals surface area (Å²) in [6, 6.07) is 13.8. The Morgan fingerprint density at radius 1 is 1.31 bits per heavy atom. The fourth-order valence-electron chi connectivity index (χ4n) is 2.91. The van der Waals surface area contributed by atoms with Crippen molar-refractivity contribution in [2.45, 2.75) is 24.3 Å². The second-order valence-electron chi connectivity index (χ2n) is 6.13. The van der Waals surface area contributed by atoms with Crippen molar-refractivity contribution >= 4 is 34.7 Å². The highest BCUT2D eigenvalue weighted by Gasteiger charge is 2.34. The van der Waals surface area contributed by atoms with Crippen LogP contribution in [0.2, 0.25) is 0 Å². The zero-order valence-corrected chi connectivity index (χ0v) is 15.9. The molecule has 26 heavy (non-hydrogen) atoms. The summed E-state index contributed by atoms with van der Waals surface area (Å²) in [5.41, 5.74) is 3.17. The molecule has 1 aliphatic rings. The smallest absolute Gasteiger partial charge is 0.253 e. The van der Waals surface area contributed by atoms with E-state index >= 15 is 0 Å². The van der Waals surface area contributed by atoms with Crippen molar-refractivity contribution in [3.63, 3.8) is 0 Å². The van der Waals surface area contributed by atoms with Gasteiger partial charge >= 0.3 is 0 Å². The summed E-state index contributed by atoms with van der Waals surface area (Å²) in [4.78, 5) is 13.9. The van der Waals surface area contributed by atoms with Crippen LogP contribution in [-0.2, 0) is 4.79 Å². The van der Waals surface area contributed by atoms with E-state index in [1.807, 2.05) is 29.0 Å². The Balaban J connectivity index is 1.57. The number of furan rings is 1. The molecule has 3 aromatic rings. The number of thioether (sulfide) groups is 1. The van der Waals surface area contributed by atoms with Gasteiger partial charge in [0.05, 0.1) is 17.7 Å². The molecular formula is C20H18N2O2S2. The Labute approximate surface area is 160 Å². The molecule has 0 saturated heterocycles. The Bertz CT molecular complexity index is 900. The van der Waals surface area contributed by atoms with Gasteiger partial charge < -0.3 is 4.42 Å². The molecule has 0 radical (unpaired) electrons. The van der Waals surface area contributed by atoms with Crippen LogP contribution < -0.4 is 0 Å². The average Bonchev–Trinajstić information content (AvgIpc) is 3.41. The maximum absolute atomic E-state index is 12.8. The summed E-state index contributed by atoms with van der Waals surface area (Å²) in [6.07, 6.45) is 2.30. The van der Waals surface area contributed by atoms with Crippen LogP contribution in [0.25, 0.3) is 0 Å².